The van der Waals surface area contributed by atoms with Crippen LogP contribution in [0.1, 0.15) is 77.0 Å². The minimum Gasteiger partial charge on any atom is -0.466 e. The Morgan fingerprint density at radius 2 is 1.43 bits per heavy atom. The maximum Gasteiger partial charge on any atom is 0.305 e. The van der Waals surface area contributed by atoms with Crippen molar-refractivity contribution in [1.82, 2.24) is 4.72 Å². The van der Waals surface area contributed by atoms with Crippen LogP contribution in [0.5, 0.6) is 0 Å². The summed E-state index contributed by atoms with van der Waals surface area (Å²) in [4.78, 5) is 11.8. The van der Waals surface area contributed by atoms with Crippen molar-refractivity contribution in [3.8, 4) is 0 Å². The maximum absolute atomic E-state index is 13.1. The molecule has 1 atom stereocenters. The van der Waals surface area contributed by atoms with Gasteiger partial charge in [0.2, 0.25) is 10.0 Å². The standard InChI is InChI=1S/C21H32FNO4S/c22-18-13-15-20(16-14-18)28(25,26)23-19-10-7-5-3-1-2-4-6-8-12-21(24)27-17-9-11-19/h13-16,19,23H,1-12,17H2. The van der Waals surface area contributed by atoms with Crippen LogP contribution in [-0.4, -0.2) is 27.0 Å². The van der Waals surface area contributed by atoms with E-state index in [2.05, 4.69) is 4.72 Å². The molecule has 0 spiro atoms. The van der Waals surface area contributed by atoms with Crippen LogP contribution in [0.15, 0.2) is 29.2 Å². The molecular weight excluding hydrogens is 381 g/mol. The second kappa shape index (κ2) is 12.2. The summed E-state index contributed by atoms with van der Waals surface area (Å²) in [6.45, 7) is 0.313. The number of halogens is 1. The molecule has 1 aliphatic rings. The summed E-state index contributed by atoms with van der Waals surface area (Å²) in [6, 6.07) is 4.62. The second-order valence-electron chi connectivity index (χ2n) is 7.50. The van der Waals surface area contributed by atoms with Crippen LogP contribution in [0, 0.1) is 5.82 Å². The van der Waals surface area contributed by atoms with Crippen LogP contribution >= 0.6 is 0 Å². The normalized spacial score (nSPS) is 21.8. The Morgan fingerprint density at radius 1 is 0.857 bits per heavy atom. The average Bonchev–Trinajstić information content (AvgIpc) is 2.65. The van der Waals surface area contributed by atoms with Gasteiger partial charge in [-0.3, -0.25) is 4.79 Å². The van der Waals surface area contributed by atoms with Crippen molar-refractivity contribution in [3.05, 3.63) is 30.1 Å². The molecule has 1 N–H and O–H groups in total. The lowest BCUT2D eigenvalue weighted by Crippen LogP contribution is -2.35. The quantitative estimate of drug-likeness (QED) is 0.729. The fourth-order valence-electron chi connectivity index (χ4n) is 3.47. The SMILES string of the molecule is O=C1CCCCCCCCCCC(NS(=O)(=O)c2ccc(F)cc2)CCCO1. The third-order valence-corrected chi connectivity index (χ3v) is 6.63. The first-order valence-electron chi connectivity index (χ1n) is 10.4. The molecule has 2 rings (SSSR count). The lowest BCUT2D eigenvalue weighted by Gasteiger charge is -2.19. The third kappa shape index (κ3) is 8.69. The molecule has 1 aromatic carbocycles. The van der Waals surface area contributed by atoms with Gasteiger partial charge >= 0.3 is 5.97 Å². The minimum atomic E-state index is -3.70. The molecule has 1 aromatic rings. The fraction of sp³-hybridized carbons (Fsp3) is 0.667. The van der Waals surface area contributed by atoms with E-state index in [0.717, 1.165) is 57.1 Å². The van der Waals surface area contributed by atoms with Crippen LogP contribution in [0.4, 0.5) is 4.39 Å². The summed E-state index contributed by atoms with van der Waals surface area (Å²) in [5.74, 6) is -0.638. The Bertz CT molecular complexity index is 691. The van der Waals surface area contributed by atoms with Crippen molar-refractivity contribution >= 4 is 16.0 Å². The van der Waals surface area contributed by atoms with Crippen LogP contribution < -0.4 is 4.72 Å². The van der Waals surface area contributed by atoms with Crippen LogP contribution in [-0.2, 0) is 19.6 Å². The molecule has 0 amide bonds. The third-order valence-electron chi connectivity index (χ3n) is 5.09. The van der Waals surface area contributed by atoms with Gasteiger partial charge in [0.1, 0.15) is 5.82 Å². The van der Waals surface area contributed by atoms with Crippen molar-refractivity contribution in [3.63, 3.8) is 0 Å². The fourth-order valence-corrected chi connectivity index (χ4v) is 4.78. The molecule has 7 heteroatoms. The lowest BCUT2D eigenvalue weighted by atomic mass is 10.0. The second-order valence-corrected chi connectivity index (χ2v) is 9.22. The first-order valence-corrected chi connectivity index (χ1v) is 11.9. The molecule has 0 aliphatic carbocycles. The topological polar surface area (TPSA) is 72.5 Å². The summed E-state index contributed by atoms with van der Waals surface area (Å²) in [6.07, 6.45) is 11.1. The molecule has 0 radical (unpaired) electrons. The number of carbonyl (C=O) groups is 1. The van der Waals surface area contributed by atoms with E-state index >= 15 is 0 Å². The summed E-state index contributed by atoms with van der Waals surface area (Å²) < 4.78 is 46.3. The van der Waals surface area contributed by atoms with Gasteiger partial charge in [-0.2, -0.15) is 0 Å². The van der Waals surface area contributed by atoms with Gasteiger partial charge in [0.05, 0.1) is 11.5 Å². The monoisotopic (exact) mass is 413 g/mol. The van der Waals surface area contributed by atoms with Gasteiger partial charge in [-0.15, -0.1) is 0 Å². The van der Waals surface area contributed by atoms with E-state index in [9.17, 15) is 17.6 Å². The Morgan fingerprint density at radius 3 is 2.11 bits per heavy atom. The first kappa shape index (κ1) is 22.8. The number of cyclic esters (lactones) is 1. The smallest absolute Gasteiger partial charge is 0.305 e. The van der Waals surface area contributed by atoms with Crippen LogP contribution in [0.25, 0.3) is 0 Å². The molecule has 1 saturated heterocycles. The van der Waals surface area contributed by atoms with E-state index in [1.165, 1.54) is 25.0 Å². The highest BCUT2D eigenvalue weighted by atomic mass is 32.2. The van der Waals surface area contributed by atoms with E-state index in [0.29, 0.717) is 25.9 Å². The average molecular weight is 414 g/mol. The number of benzene rings is 1. The molecule has 0 bridgehead atoms. The Hall–Kier alpha value is -1.47. The lowest BCUT2D eigenvalue weighted by molar-refractivity contribution is -0.143. The van der Waals surface area contributed by atoms with E-state index in [1.54, 1.807) is 0 Å². The van der Waals surface area contributed by atoms with Crippen LogP contribution in [0.3, 0.4) is 0 Å². The van der Waals surface area contributed by atoms with E-state index in [1.807, 2.05) is 0 Å². The number of ether oxygens (including phenoxy) is 1. The number of nitrogens with one attached hydrogen (secondary N) is 1. The van der Waals surface area contributed by atoms with Crippen molar-refractivity contribution in [2.45, 2.75) is 88.0 Å². The zero-order valence-corrected chi connectivity index (χ0v) is 17.3. The molecule has 28 heavy (non-hydrogen) atoms. The van der Waals surface area contributed by atoms with Crippen LogP contribution in [0.2, 0.25) is 0 Å². The number of sulfonamides is 1. The van der Waals surface area contributed by atoms with Gasteiger partial charge in [-0.25, -0.2) is 17.5 Å². The van der Waals surface area contributed by atoms with Crippen molar-refractivity contribution in [1.29, 1.82) is 0 Å². The van der Waals surface area contributed by atoms with Gasteiger partial charge < -0.3 is 4.74 Å². The van der Waals surface area contributed by atoms with Gasteiger partial charge in [0, 0.05) is 12.5 Å². The first-order chi connectivity index (χ1) is 13.5. The van der Waals surface area contributed by atoms with E-state index < -0.39 is 15.8 Å². The summed E-state index contributed by atoms with van der Waals surface area (Å²) >= 11 is 0. The van der Waals surface area contributed by atoms with Crippen molar-refractivity contribution in [2.75, 3.05) is 6.61 Å². The Labute approximate surface area is 168 Å². The number of hydrogen-bond donors (Lipinski definition) is 1. The highest BCUT2D eigenvalue weighted by molar-refractivity contribution is 7.89. The molecule has 1 heterocycles. The Balaban J connectivity index is 1.94. The molecular formula is C21H32FNO4S. The van der Waals surface area contributed by atoms with Gasteiger partial charge in [-0.05, 0) is 49.9 Å². The number of esters is 1. The molecule has 158 valence electrons. The largest absolute Gasteiger partial charge is 0.466 e. The molecule has 1 unspecified atom stereocenters. The number of hydrogen-bond acceptors (Lipinski definition) is 4. The summed E-state index contributed by atoms with van der Waals surface area (Å²) in [5.41, 5.74) is 0. The molecule has 1 aliphatic heterocycles. The van der Waals surface area contributed by atoms with Gasteiger partial charge in [0.15, 0.2) is 0 Å². The predicted molar refractivity (Wildman–Crippen MR) is 107 cm³/mol. The summed E-state index contributed by atoms with van der Waals surface area (Å²) in [7, 11) is -3.70. The Kier molecular flexibility index (Phi) is 9.92. The molecule has 0 aromatic heterocycles. The number of carbonyl (C=O) groups excluding carboxylic acids is 1. The van der Waals surface area contributed by atoms with E-state index in [-0.39, 0.29) is 16.9 Å². The predicted octanol–water partition coefficient (Wildman–Crippen LogP) is 4.71. The molecule has 1 fully saturated rings. The highest BCUT2D eigenvalue weighted by Crippen LogP contribution is 2.17. The minimum absolute atomic E-state index is 0.0625. The van der Waals surface area contributed by atoms with Crippen molar-refractivity contribution < 1.29 is 22.3 Å². The zero-order chi connectivity index (χ0) is 20.2. The van der Waals surface area contributed by atoms with E-state index in [4.69, 9.17) is 4.74 Å². The highest BCUT2D eigenvalue weighted by Gasteiger charge is 2.20. The van der Waals surface area contributed by atoms with Gasteiger partial charge in [-0.1, -0.05) is 44.9 Å². The zero-order valence-electron chi connectivity index (χ0n) is 16.5. The van der Waals surface area contributed by atoms with Crippen molar-refractivity contribution in [2.24, 2.45) is 0 Å². The van der Waals surface area contributed by atoms with Gasteiger partial charge in [0.25, 0.3) is 0 Å². The summed E-state index contributed by atoms with van der Waals surface area (Å²) in [5, 5.41) is 0. The molecule has 0 saturated carbocycles. The molecule has 5 nitrogen and oxygen atoms in total. The maximum atomic E-state index is 13.1. The number of rotatable bonds is 3.